The predicted molar refractivity (Wildman–Crippen MR) is 117 cm³/mol. The molecule has 1 saturated heterocycles. The standard InChI is InChI=1S/C25H26N2O3/c28-25(11-9-19-8-10-23-24(16-19)30-18-29-23)27-14-12-26(13-15-27)17-21-6-3-5-20-4-1-2-7-22(20)21/h1-8,10,16H,9,11-15,17-18H2. The van der Waals surface area contributed by atoms with Crippen molar-refractivity contribution < 1.29 is 14.3 Å². The van der Waals surface area contributed by atoms with Gasteiger partial charge in [-0.15, -0.1) is 0 Å². The van der Waals surface area contributed by atoms with E-state index in [2.05, 4.69) is 47.4 Å². The molecule has 0 saturated carbocycles. The highest BCUT2D eigenvalue weighted by molar-refractivity contribution is 5.85. The molecule has 0 unspecified atom stereocenters. The van der Waals surface area contributed by atoms with Gasteiger partial charge in [0.25, 0.3) is 0 Å². The fraction of sp³-hybridized carbons (Fsp3) is 0.320. The normalized spacial score (nSPS) is 16.2. The summed E-state index contributed by atoms with van der Waals surface area (Å²) in [5, 5.41) is 2.61. The lowest BCUT2D eigenvalue weighted by atomic mass is 10.0. The van der Waals surface area contributed by atoms with E-state index in [1.165, 1.54) is 16.3 Å². The third-order valence-electron chi connectivity index (χ3n) is 6.06. The minimum absolute atomic E-state index is 0.234. The van der Waals surface area contributed by atoms with Gasteiger partial charge in [-0.25, -0.2) is 0 Å². The molecule has 3 aromatic carbocycles. The molecule has 0 aliphatic carbocycles. The lowest BCUT2D eigenvalue weighted by Gasteiger charge is -2.35. The Hall–Kier alpha value is -3.05. The van der Waals surface area contributed by atoms with Gasteiger partial charge < -0.3 is 14.4 Å². The lowest BCUT2D eigenvalue weighted by molar-refractivity contribution is -0.133. The van der Waals surface area contributed by atoms with Crippen LogP contribution in [-0.4, -0.2) is 48.7 Å². The number of rotatable bonds is 5. The average Bonchev–Trinajstić information content (AvgIpc) is 3.26. The van der Waals surface area contributed by atoms with Gasteiger partial charge in [-0.05, 0) is 40.5 Å². The van der Waals surface area contributed by atoms with Crippen LogP contribution in [-0.2, 0) is 17.8 Å². The SMILES string of the molecule is O=C(CCc1ccc2c(c1)OCO2)N1CCN(Cc2cccc3ccccc23)CC1. The molecule has 2 aliphatic heterocycles. The van der Waals surface area contributed by atoms with Crippen LogP contribution in [0.25, 0.3) is 10.8 Å². The number of benzene rings is 3. The van der Waals surface area contributed by atoms with Gasteiger partial charge in [0.2, 0.25) is 12.7 Å². The van der Waals surface area contributed by atoms with Crippen molar-refractivity contribution in [2.24, 2.45) is 0 Å². The van der Waals surface area contributed by atoms with Crippen molar-refractivity contribution in [3.05, 3.63) is 71.8 Å². The van der Waals surface area contributed by atoms with E-state index < -0.39 is 0 Å². The van der Waals surface area contributed by atoms with E-state index in [0.29, 0.717) is 6.42 Å². The first-order chi connectivity index (χ1) is 14.8. The summed E-state index contributed by atoms with van der Waals surface area (Å²) in [6.07, 6.45) is 1.26. The van der Waals surface area contributed by atoms with Crippen LogP contribution >= 0.6 is 0 Å². The molecule has 5 rings (SSSR count). The summed E-state index contributed by atoms with van der Waals surface area (Å²) >= 11 is 0. The smallest absolute Gasteiger partial charge is 0.231 e. The van der Waals surface area contributed by atoms with Gasteiger partial charge in [0.15, 0.2) is 11.5 Å². The summed E-state index contributed by atoms with van der Waals surface area (Å²) in [5.41, 5.74) is 2.47. The van der Waals surface area contributed by atoms with Crippen LogP contribution in [0.3, 0.4) is 0 Å². The monoisotopic (exact) mass is 402 g/mol. The molecule has 0 atom stereocenters. The molecule has 0 radical (unpaired) electrons. The lowest BCUT2D eigenvalue weighted by Crippen LogP contribution is -2.48. The zero-order valence-corrected chi connectivity index (χ0v) is 17.0. The number of hydrogen-bond donors (Lipinski definition) is 0. The molecular formula is C25H26N2O3. The Morgan fingerprint density at radius 1 is 0.867 bits per heavy atom. The second-order valence-electron chi connectivity index (χ2n) is 7.98. The molecule has 0 N–H and O–H groups in total. The third-order valence-corrected chi connectivity index (χ3v) is 6.06. The fourth-order valence-electron chi connectivity index (χ4n) is 4.33. The van der Waals surface area contributed by atoms with E-state index in [1.807, 2.05) is 23.1 Å². The topological polar surface area (TPSA) is 42.0 Å². The maximum atomic E-state index is 12.7. The zero-order valence-electron chi connectivity index (χ0n) is 17.0. The maximum Gasteiger partial charge on any atom is 0.231 e. The number of carbonyl (C=O) groups is 1. The van der Waals surface area contributed by atoms with Gasteiger partial charge in [-0.1, -0.05) is 48.5 Å². The van der Waals surface area contributed by atoms with E-state index in [1.54, 1.807) is 0 Å². The van der Waals surface area contributed by atoms with Crippen LogP contribution in [0.1, 0.15) is 17.5 Å². The first-order valence-corrected chi connectivity index (χ1v) is 10.6. The van der Waals surface area contributed by atoms with Gasteiger partial charge in [-0.3, -0.25) is 9.69 Å². The summed E-state index contributed by atoms with van der Waals surface area (Å²) in [4.78, 5) is 17.2. The molecule has 5 nitrogen and oxygen atoms in total. The largest absolute Gasteiger partial charge is 0.454 e. The number of ether oxygens (including phenoxy) is 2. The van der Waals surface area contributed by atoms with E-state index in [-0.39, 0.29) is 12.7 Å². The average molecular weight is 402 g/mol. The quantitative estimate of drug-likeness (QED) is 0.650. The van der Waals surface area contributed by atoms with Gasteiger partial charge in [0, 0.05) is 39.1 Å². The van der Waals surface area contributed by atoms with Crippen molar-refractivity contribution in [2.45, 2.75) is 19.4 Å². The number of nitrogens with zero attached hydrogens (tertiary/aromatic N) is 2. The second kappa shape index (κ2) is 8.36. The molecule has 0 spiro atoms. The minimum Gasteiger partial charge on any atom is -0.454 e. The Morgan fingerprint density at radius 3 is 2.57 bits per heavy atom. The summed E-state index contributed by atoms with van der Waals surface area (Å²) in [6, 6.07) is 21.0. The van der Waals surface area contributed by atoms with E-state index in [9.17, 15) is 4.79 Å². The summed E-state index contributed by atoms with van der Waals surface area (Å²) < 4.78 is 10.8. The Balaban J connectivity index is 1.13. The highest BCUT2D eigenvalue weighted by Gasteiger charge is 2.21. The van der Waals surface area contributed by atoms with Crippen LogP contribution in [0.5, 0.6) is 11.5 Å². The van der Waals surface area contributed by atoms with Crippen molar-refractivity contribution in [3.8, 4) is 11.5 Å². The summed E-state index contributed by atoms with van der Waals surface area (Å²) in [7, 11) is 0. The Kier molecular flexibility index (Phi) is 5.28. The number of carbonyl (C=O) groups excluding carboxylic acids is 1. The van der Waals surface area contributed by atoms with E-state index in [0.717, 1.165) is 56.2 Å². The Bertz CT molecular complexity index is 1050. The molecule has 0 aromatic heterocycles. The molecule has 5 heteroatoms. The third kappa shape index (κ3) is 3.98. The van der Waals surface area contributed by atoms with Gasteiger partial charge >= 0.3 is 0 Å². The molecule has 3 aromatic rings. The summed E-state index contributed by atoms with van der Waals surface area (Å²) in [6.45, 7) is 4.63. The highest BCUT2D eigenvalue weighted by Crippen LogP contribution is 2.32. The Labute approximate surface area is 176 Å². The van der Waals surface area contributed by atoms with Gasteiger partial charge in [0.05, 0.1) is 0 Å². The van der Waals surface area contributed by atoms with E-state index >= 15 is 0 Å². The molecule has 0 bridgehead atoms. The van der Waals surface area contributed by atoms with Crippen LogP contribution in [0, 0.1) is 0 Å². The van der Waals surface area contributed by atoms with E-state index in [4.69, 9.17) is 9.47 Å². The first-order valence-electron chi connectivity index (χ1n) is 10.6. The van der Waals surface area contributed by atoms with Gasteiger partial charge in [-0.2, -0.15) is 0 Å². The second-order valence-corrected chi connectivity index (χ2v) is 7.98. The molecular weight excluding hydrogens is 376 g/mol. The fourth-order valence-corrected chi connectivity index (χ4v) is 4.33. The number of aryl methyl sites for hydroxylation is 1. The van der Waals surface area contributed by atoms with Crippen molar-refractivity contribution >= 4 is 16.7 Å². The predicted octanol–water partition coefficient (Wildman–Crippen LogP) is 3.85. The maximum absolute atomic E-state index is 12.7. The van der Waals surface area contributed by atoms with Crippen molar-refractivity contribution in [2.75, 3.05) is 33.0 Å². The zero-order chi connectivity index (χ0) is 20.3. The summed E-state index contributed by atoms with van der Waals surface area (Å²) in [5.74, 6) is 1.80. The molecule has 154 valence electrons. The molecule has 1 amide bonds. The highest BCUT2D eigenvalue weighted by atomic mass is 16.7. The van der Waals surface area contributed by atoms with Crippen LogP contribution in [0.2, 0.25) is 0 Å². The number of amides is 1. The molecule has 2 heterocycles. The minimum atomic E-state index is 0.234. The van der Waals surface area contributed by atoms with Crippen LogP contribution in [0.15, 0.2) is 60.7 Å². The van der Waals surface area contributed by atoms with Crippen molar-refractivity contribution in [1.82, 2.24) is 9.80 Å². The molecule has 2 aliphatic rings. The van der Waals surface area contributed by atoms with Crippen LogP contribution < -0.4 is 9.47 Å². The first kappa shape index (κ1) is 18.9. The number of hydrogen-bond acceptors (Lipinski definition) is 4. The van der Waals surface area contributed by atoms with Crippen molar-refractivity contribution in [1.29, 1.82) is 0 Å². The van der Waals surface area contributed by atoms with Crippen LogP contribution in [0.4, 0.5) is 0 Å². The molecule has 30 heavy (non-hydrogen) atoms. The molecule has 1 fully saturated rings. The number of fused-ring (bicyclic) bond motifs is 2. The van der Waals surface area contributed by atoms with Gasteiger partial charge in [0.1, 0.15) is 0 Å². The number of piperazine rings is 1. The Morgan fingerprint density at radius 2 is 1.67 bits per heavy atom. The van der Waals surface area contributed by atoms with Crippen molar-refractivity contribution in [3.63, 3.8) is 0 Å².